The van der Waals surface area contributed by atoms with E-state index >= 15 is 0 Å². The zero-order chi connectivity index (χ0) is 19.7. The summed E-state index contributed by atoms with van der Waals surface area (Å²) >= 11 is 0. The Morgan fingerprint density at radius 3 is 2.64 bits per heavy atom. The third-order valence-corrected chi connectivity index (χ3v) is 5.88. The summed E-state index contributed by atoms with van der Waals surface area (Å²) in [4.78, 5) is 26.2. The summed E-state index contributed by atoms with van der Waals surface area (Å²) in [7, 11) is 0. The molecule has 4 rings (SSSR count). The second kappa shape index (κ2) is 7.51. The molecule has 3 heterocycles. The molecule has 0 bridgehead atoms. The average Bonchev–Trinajstić information content (AvgIpc) is 2.85. The molecule has 0 radical (unpaired) electrons. The van der Waals surface area contributed by atoms with Crippen molar-refractivity contribution in [2.45, 2.75) is 45.8 Å². The number of aryl methyl sites for hydroxylation is 2. The van der Waals surface area contributed by atoms with E-state index in [4.69, 9.17) is 4.74 Å². The van der Waals surface area contributed by atoms with Gasteiger partial charge in [0.05, 0.1) is 18.4 Å². The molecule has 6 nitrogen and oxygen atoms in total. The Kier molecular flexibility index (Phi) is 5.06. The predicted molar refractivity (Wildman–Crippen MR) is 107 cm³/mol. The van der Waals surface area contributed by atoms with Crippen LogP contribution in [0.25, 0.3) is 0 Å². The monoisotopic (exact) mass is 380 g/mol. The van der Waals surface area contributed by atoms with Crippen molar-refractivity contribution in [3.8, 4) is 5.75 Å². The first-order valence-electron chi connectivity index (χ1n) is 10.1. The van der Waals surface area contributed by atoms with Gasteiger partial charge in [0.25, 0.3) is 5.91 Å². The maximum absolute atomic E-state index is 13.3. The van der Waals surface area contributed by atoms with E-state index in [0.29, 0.717) is 18.8 Å². The number of amides is 1. The number of hydrogen-bond donors (Lipinski definition) is 0. The topological polar surface area (TPSA) is 58.6 Å². The Morgan fingerprint density at radius 2 is 1.96 bits per heavy atom. The number of hydrogen-bond acceptors (Lipinski definition) is 5. The molecule has 0 aliphatic carbocycles. The van der Waals surface area contributed by atoms with E-state index in [9.17, 15) is 4.79 Å². The normalized spacial score (nSPS) is 19.0. The Morgan fingerprint density at radius 1 is 1.18 bits per heavy atom. The van der Waals surface area contributed by atoms with E-state index < -0.39 is 0 Å². The standard InChI is InChI=1S/C22H28N4O2/c1-4-25-9-7-22(8-10-25)15-26(21(27)19-13-23-17(3)12-24-19)14-18-11-16(2)5-6-20(18)28-22/h5-6,11-13H,4,7-10,14-15H2,1-3H3. The number of carbonyl (C=O) groups is 1. The summed E-state index contributed by atoms with van der Waals surface area (Å²) in [5, 5.41) is 0. The van der Waals surface area contributed by atoms with E-state index in [1.54, 1.807) is 12.4 Å². The second-order valence-electron chi connectivity index (χ2n) is 8.03. The molecule has 148 valence electrons. The minimum Gasteiger partial charge on any atom is -0.485 e. The van der Waals surface area contributed by atoms with Crippen molar-refractivity contribution in [2.24, 2.45) is 0 Å². The molecule has 0 atom stereocenters. The van der Waals surface area contributed by atoms with Crippen molar-refractivity contribution in [3.63, 3.8) is 0 Å². The average molecular weight is 380 g/mol. The van der Waals surface area contributed by atoms with Crippen LogP contribution in [0.3, 0.4) is 0 Å². The lowest BCUT2D eigenvalue weighted by Crippen LogP contribution is -2.54. The van der Waals surface area contributed by atoms with E-state index in [0.717, 1.165) is 49.5 Å². The fourth-order valence-corrected chi connectivity index (χ4v) is 4.15. The van der Waals surface area contributed by atoms with Crippen molar-refractivity contribution in [1.82, 2.24) is 19.8 Å². The van der Waals surface area contributed by atoms with Gasteiger partial charge in [0.15, 0.2) is 0 Å². The summed E-state index contributed by atoms with van der Waals surface area (Å²) in [5.74, 6) is 0.823. The van der Waals surface area contributed by atoms with Gasteiger partial charge in [0.2, 0.25) is 0 Å². The van der Waals surface area contributed by atoms with Crippen molar-refractivity contribution >= 4 is 5.91 Å². The number of carbonyl (C=O) groups excluding carboxylic acids is 1. The smallest absolute Gasteiger partial charge is 0.274 e. The summed E-state index contributed by atoms with van der Waals surface area (Å²) in [6.07, 6.45) is 5.05. The van der Waals surface area contributed by atoms with Gasteiger partial charge >= 0.3 is 0 Å². The van der Waals surface area contributed by atoms with Gasteiger partial charge in [-0.2, -0.15) is 0 Å². The maximum Gasteiger partial charge on any atom is 0.274 e. The van der Waals surface area contributed by atoms with Crippen LogP contribution in [0.2, 0.25) is 0 Å². The third-order valence-electron chi connectivity index (χ3n) is 5.88. The van der Waals surface area contributed by atoms with Crippen LogP contribution in [0.5, 0.6) is 5.75 Å². The molecule has 2 aromatic rings. The van der Waals surface area contributed by atoms with Gasteiger partial charge in [-0.15, -0.1) is 0 Å². The number of rotatable bonds is 2. The van der Waals surface area contributed by atoms with Crippen molar-refractivity contribution in [1.29, 1.82) is 0 Å². The van der Waals surface area contributed by atoms with Crippen molar-refractivity contribution in [2.75, 3.05) is 26.2 Å². The SMILES string of the molecule is CCN1CCC2(CC1)CN(C(=O)c1cnc(C)cn1)Cc1cc(C)ccc1O2. The van der Waals surface area contributed by atoms with Gasteiger partial charge < -0.3 is 14.5 Å². The molecule has 1 fully saturated rings. The molecule has 6 heteroatoms. The highest BCUT2D eigenvalue weighted by atomic mass is 16.5. The zero-order valence-electron chi connectivity index (χ0n) is 16.9. The molecule has 1 aromatic carbocycles. The zero-order valence-corrected chi connectivity index (χ0v) is 16.9. The maximum atomic E-state index is 13.3. The quantitative estimate of drug-likeness (QED) is 0.802. The van der Waals surface area contributed by atoms with Crippen LogP contribution >= 0.6 is 0 Å². The van der Waals surface area contributed by atoms with Crippen molar-refractivity contribution < 1.29 is 9.53 Å². The molecule has 1 aromatic heterocycles. The number of piperidine rings is 1. The van der Waals surface area contributed by atoms with E-state index in [-0.39, 0.29) is 11.5 Å². The summed E-state index contributed by atoms with van der Waals surface area (Å²) in [6, 6.07) is 6.26. The van der Waals surface area contributed by atoms with Gasteiger partial charge in [-0.05, 0) is 26.5 Å². The number of benzene rings is 1. The van der Waals surface area contributed by atoms with E-state index in [1.165, 1.54) is 5.56 Å². The molecule has 1 spiro atoms. The largest absolute Gasteiger partial charge is 0.485 e. The first-order valence-corrected chi connectivity index (χ1v) is 10.1. The van der Waals surface area contributed by atoms with Gasteiger partial charge in [-0.25, -0.2) is 4.98 Å². The number of likely N-dealkylation sites (tertiary alicyclic amines) is 1. The van der Waals surface area contributed by atoms with Crippen LogP contribution in [0.15, 0.2) is 30.6 Å². The molecular formula is C22H28N4O2. The van der Waals surface area contributed by atoms with Crippen LogP contribution in [-0.4, -0.2) is 57.5 Å². The molecule has 0 N–H and O–H groups in total. The Hall–Kier alpha value is -2.47. The number of ether oxygens (including phenoxy) is 1. The fourth-order valence-electron chi connectivity index (χ4n) is 4.15. The minimum atomic E-state index is -0.347. The predicted octanol–water partition coefficient (Wildman–Crippen LogP) is 2.98. The summed E-state index contributed by atoms with van der Waals surface area (Å²) in [6.45, 7) is 10.3. The number of fused-ring (bicyclic) bond motifs is 1. The molecule has 0 unspecified atom stereocenters. The first-order chi connectivity index (χ1) is 13.5. The van der Waals surface area contributed by atoms with Gasteiger partial charge in [-0.3, -0.25) is 9.78 Å². The third kappa shape index (κ3) is 3.74. The first kappa shape index (κ1) is 18.9. The summed E-state index contributed by atoms with van der Waals surface area (Å²) in [5.41, 5.74) is 3.08. The highest BCUT2D eigenvalue weighted by molar-refractivity contribution is 5.92. The van der Waals surface area contributed by atoms with Crippen molar-refractivity contribution in [3.05, 3.63) is 53.1 Å². The van der Waals surface area contributed by atoms with Gasteiger partial charge in [-0.1, -0.05) is 24.6 Å². The fraction of sp³-hybridized carbons (Fsp3) is 0.500. The van der Waals surface area contributed by atoms with Crippen LogP contribution in [0, 0.1) is 13.8 Å². The Bertz CT molecular complexity index is 857. The Labute approximate surface area is 166 Å². The number of nitrogens with zero attached hydrogens (tertiary/aromatic N) is 4. The lowest BCUT2D eigenvalue weighted by molar-refractivity contribution is -0.0143. The van der Waals surface area contributed by atoms with Crippen LogP contribution in [0.1, 0.15) is 47.1 Å². The molecule has 2 aliphatic heterocycles. The van der Waals surface area contributed by atoms with E-state index in [1.807, 2.05) is 11.8 Å². The second-order valence-corrected chi connectivity index (χ2v) is 8.03. The summed E-state index contributed by atoms with van der Waals surface area (Å²) < 4.78 is 6.61. The van der Waals surface area contributed by atoms with Crippen LogP contribution < -0.4 is 4.74 Å². The molecule has 1 saturated heterocycles. The molecule has 2 aliphatic rings. The lowest BCUT2D eigenvalue weighted by Gasteiger charge is -2.42. The lowest BCUT2D eigenvalue weighted by atomic mass is 9.90. The van der Waals surface area contributed by atoms with E-state index in [2.05, 4.69) is 46.9 Å². The highest BCUT2D eigenvalue weighted by Gasteiger charge is 2.42. The molecular weight excluding hydrogens is 352 g/mol. The number of aromatic nitrogens is 2. The highest BCUT2D eigenvalue weighted by Crippen LogP contribution is 2.36. The minimum absolute atomic E-state index is 0.0808. The van der Waals surface area contributed by atoms with Crippen LogP contribution in [-0.2, 0) is 6.54 Å². The van der Waals surface area contributed by atoms with Gasteiger partial charge in [0.1, 0.15) is 17.0 Å². The Balaban J connectivity index is 1.67. The molecule has 1 amide bonds. The van der Waals surface area contributed by atoms with Crippen LogP contribution in [0.4, 0.5) is 0 Å². The molecule has 0 saturated carbocycles. The molecule has 28 heavy (non-hydrogen) atoms. The van der Waals surface area contributed by atoms with Gasteiger partial charge in [0, 0.05) is 44.2 Å².